The van der Waals surface area contributed by atoms with Crippen LogP contribution in [0.5, 0.6) is 11.5 Å². The molecule has 16 heavy (non-hydrogen) atoms. The lowest BCUT2D eigenvalue weighted by molar-refractivity contribution is -0.137. The first-order valence-electron chi connectivity index (χ1n) is 4.56. The Hall–Kier alpha value is -1.40. The minimum absolute atomic E-state index is 0.130. The van der Waals surface area contributed by atoms with E-state index in [1.54, 1.807) is 19.1 Å². The number of aryl methyl sites for hydroxylation is 1. The van der Waals surface area contributed by atoms with Crippen LogP contribution >= 0.6 is 11.8 Å². The number of aliphatic carboxylic acids is 1. The van der Waals surface area contributed by atoms with Gasteiger partial charge in [0.2, 0.25) is 0 Å². The monoisotopic (exact) mass is 243 g/mol. The smallest absolute Gasteiger partial charge is 0.321 e. The Morgan fingerprint density at radius 2 is 2.06 bits per heavy atom. The van der Waals surface area contributed by atoms with Crippen LogP contribution in [0.4, 0.5) is 0 Å². The summed E-state index contributed by atoms with van der Waals surface area (Å²) >= 11 is 1.09. The van der Waals surface area contributed by atoms with E-state index in [9.17, 15) is 15.0 Å². The molecule has 0 unspecified atom stereocenters. The number of nitrogens with two attached hydrogens (primary N) is 1. The maximum absolute atomic E-state index is 10.5. The second-order valence-electron chi connectivity index (χ2n) is 3.33. The molecule has 0 heterocycles. The quantitative estimate of drug-likeness (QED) is 0.463. The fraction of sp³-hybridized carbons (Fsp3) is 0.300. The number of hydrogen-bond acceptors (Lipinski definition) is 5. The first kappa shape index (κ1) is 12.7. The maximum atomic E-state index is 10.5. The number of carboxylic acids is 1. The van der Waals surface area contributed by atoms with Gasteiger partial charge in [-0.1, -0.05) is 6.07 Å². The van der Waals surface area contributed by atoms with Crippen LogP contribution in [-0.4, -0.2) is 33.1 Å². The molecule has 0 radical (unpaired) electrons. The van der Waals surface area contributed by atoms with Crippen LogP contribution < -0.4 is 5.73 Å². The summed E-state index contributed by atoms with van der Waals surface area (Å²) in [5.74, 6) is -1.38. The fourth-order valence-electron chi connectivity index (χ4n) is 1.03. The molecule has 88 valence electrons. The average Bonchev–Trinajstić information content (AvgIpc) is 2.24. The SMILES string of the molecule is Cc1ccc(SC[C@H](N)C(=O)O)c(O)c1O. The maximum Gasteiger partial charge on any atom is 0.321 e. The predicted molar refractivity (Wildman–Crippen MR) is 60.8 cm³/mol. The van der Waals surface area contributed by atoms with Crippen molar-refractivity contribution in [2.75, 3.05) is 5.75 Å². The highest BCUT2D eigenvalue weighted by Crippen LogP contribution is 2.38. The van der Waals surface area contributed by atoms with Gasteiger partial charge in [-0.15, -0.1) is 11.8 Å². The van der Waals surface area contributed by atoms with Crippen molar-refractivity contribution in [3.8, 4) is 11.5 Å². The Bertz CT molecular complexity index is 408. The topological polar surface area (TPSA) is 104 Å². The number of carbonyl (C=O) groups is 1. The molecule has 1 aromatic carbocycles. The first-order valence-corrected chi connectivity index (χ1v) is 5.54. The lowest BCUT2D eigenvalue weighted by Crippen LogP contribution is -2.32. The Morgan fingerprint density at radius 3 is 2.62 bits per heavy atom. The van der Waals surface area contributed by atoms with Gasteiger partial charge in [-0.3, -0.25) is 4.79 Å². The van der Waals surface area contributed by atoms with Gasteiger partial charge in [0.05, 0.1) is 4.90 Å². The average molecular weight is 243 g/mol. The van der Waals surface area contributed by atoms with Crippen molar-refractivity contribution in [3.63, 3.8) is 0 Å². The van der Waals surface area contributed by atoms with Crippen LogP contribution in [0.2, 0.25) is 0 Å². The summed E-state index contributed by atoms with van der Waals surface area (Å²) in [7, 11) is 0. The normalized spacial score (nSPS) is 12.4. The molecule has 5 N–H and O–H groups in total. The van der Waals surface area contributed by atoms with Crippen LogP contribution in [0.25, 0.3) is 0 Å². The zero-order valence-corrected chi connectivity index (χ0v) is 9.49. The summed E-state index contributed by atoms with van der Waals surface area (Å²) in [6, 6.07) is 2.26. The summed E-state index contributed by atoms with van der Waals surface area (Å²) in [5.41, 5.74) is 5.88. The molecule has 0 saturated heterocycles. The predicted octanol–water partition coefficient (Wildman–Crippen LogP) is 0.910. The second-order valence-corrected chi connectivity index (χ2v) is 4.40. The van der Waals surface area contributed by atoms with Crippen molar-refractivity contribution in [2.45, 2.75) is 17.9 Å². The fourth-order valence-corrected chi connectivity index (χ4v) is 1.93. The minimum atomic E-state index is -1.09. The third-order valence-electron chi connectivity index (χ3n) is 2.05. The number of carboxylic acid groups (broad SMARTS) is 1. The molecule has 0 bridgehead atoms. The molecule has 1 atom stereocenters. The standard InChI is InChI=1S/C10H13NO4S/c1-5-2-3-7(9(13)8(5)12)16-4-6(11)10(14)15/h2-3,6,12-13H,4,11H2,1H3,(H,14,15)/t6-/m0/s1. The van der Waals surface area contributed by atoms with E-state index in [0.717, 1.165) is 11.8 Å². The van der Waals surface area contributed by atoms with Crippen LogP contribution in [0.3, 0.4) is 0 Å². The van der Waals surface area contributed by atoms with Gasteiger partial charge in [0.25, 0.3) is 0 Å². The van der Waals surface area contributed by atoms with E-state index in [2.05, 4.69) is 0 Å². The molecule has 0 amide bonds. The molecule has 1 rings (SSSR count). The van der Waals surface area contributed by atoms with E-state index >= 15 is 0 Å². The molecular weight excluding hydrogens is 230 g/mol. The van der Waals surface area contributed by atoms with E-state index in [1.165, 1.54) is 0 Å². The second kappa shape index (κ2) is 5.09. The third kappa shape index (κ3) is 2.80. The van der Waals surface area contributed by atoms with Crippen molar-refractivity contribution in [2.24, 2.45) is 5.73 Å². The summed E-state index contributed by atoms with van der Waals surface area (Å²) < 4.78 is 0. The number of aromatic hydroxyl groups is 2. The third-order valence-corrected chi connectivity index (χ3v) is 3.22. The lowest BCUT2D eigenvalue weighted by atomic mass is 10.2. The Kier molecular flexibility index (Phi) is 4.03. The molecule has 0 aliphatic carbocycles. The van der Waals surface area contributed by atoms with Crippen molar-refractivity contribution in [1.29, 1.82) is 0 Å². The van der Waals surface area contributed by atoms with Crippen LogP contribution in [0.1, 0.15) is 5.56 Å². The van der Waals surface area contributed by atoms with Crippen LogP contribution in [0, 0.1) is 6.92 Å². The van der Waals surface area contributed by atoms with Gasteiger partial charge in [0.1, 0.15) is 6.04 Å². The van der Waals surface area contributed by atoms with E-state index in [4.69, 9.17) is 10.8 Å². The number of phenols is 2. The molecule has 6 heteroatoms. The van der Waals surface area contributed by atoms with Gasteiger partial charge in [-0.25, -0.2) is 0 Å². The largest absolute Gasteiger partial charge is 0.504 e. The van der Waals surface area contributed by atoms with Crippen LogP contribution in [-0.2, 0) is 4.79 Å². The summed E-state index contributed by atoms with van der Waals surface area (Å²) in [5, 5.41) is 27.6. The number of thioether (sulfide) groups is 1. The zero-order chi connectivity index (χ0) is 12.3. The Morgan fingerprint density at radius 1 is 1.44 bits per heavy atom. The van der Waals surface area contributed by atoms with Gasteiger partial charge in [-0.2, -0.15) is 0 Å². The summed E-state index contributed by atoms with van der Waals surface area (Å²) in [6.45, 7) is 1.66. The number of phenolic OH excluding ortho intramolecular Hbond substituents is 2. The van der Waals surface area contributed by atoms with E-state index in [0.29, 0.717) is 10.5 Å². The van der Waals surface area contributed by atoms with Gasteiger partial charge in [0, 0.05) is 5.75 Å². The molecule has 5 nitrogen and oxygen atoms in total. The van der Waals surface area contributed by atoms with E-state index < -0.39 is 12.0 Å². The number of hydrogen-bond donors (Lipinski definition) is 4. The van der Waals surface area contributed by atoms with E-state index in [1.807, 2.05) is 0 Å². The molecule has 0 saturated carbocycles. The number of rotatable bonds is 4. The van der Waals surface area contributed by atoms with Crippen molar-refractivity contribution >= 4 is 17.7 Å². The summed E-state index contributed by atoms with van der Waals surface area (Å²) in [4.78, 5) is 10.9. The molecule has 0 spiro atoms. The molecule has 0 aromatic heterocycles. The molecule has 0 aliphatic heterocycles. The van der Waals surface area contributed by atoms with Gasteiger partial charge in [-0.05, 0) is 18.6 Å². The number of benzene rings is 1. The highest BCUT2D eigenvalue weighted by molar-refractivity contribution is 7.99. The van der Waals surface area contributed by atoms with Gasteiger partial charge >= 0.3 is 5.97 Å². The summed E-state index contributed by atoms with van der Waals surface area (Å²) in [6.07, 6.45) is 0. The first-order chi connectivity index (χ1) is 7.43. The molecule has 1 aromatic rings. The highest BCUT2D eigenvalue weighted by Gasteiger charge is 2.15. The van der Waals surface area contributed by atoms with Gasteiger partial charge < -0.3 is 21.1 Å². The van der Waals surface area contributed by atoms with Crippen molar-refractivity contribution < 1.29 is 20.1 Å². The Labute approximate surface area is 96.9 Å². The zero-order valence-electron chi connectivity index (χ0n) is 8.67. The van der Waals surface area contributed by atoms with E-state index in [-0.39, 0.29) is 17.3 Å². The minimum Gasteiger partial charge on any atom is -0.504 e. The molecule has 0 fully saturated rings. The van der Waals surface area contributed by atoms with Crippen molar-refractivity contribution in [1.82, 2.24) is 0 Å². The lowest BCUT2D eigenvalue weighted by Gasteiger charge is -2.09. The Balaban J connectivity index is 2.75. The highest BCUT2D eigenvalue weighted by atomic mass is 32.2. The van der Waals surface area contributed by atoms with Crippen LogP contribution in [0.15, 0.2) is 17.0 Å². The molecule has 0 aliphatic rings. The van der Waals surface area contributed by atoms with Crippen molar-refractivity contribution in [3.05, 3.63) is 17.7 Å². The van der Waals surface area contributed by atoms with Gasteiger partial charge in [0.15, 0.2) is 11.5 Å². The molecular formula is C10H13NO4S.